The van der Waals surface area contributed by atoms with E-state index in [2.05, 4.69) is 30.7 Å². The Labute approximate surface area is 333 Å². The van der Waals surface area contributed by atoms with Crippen LogP contribution < -0.4 is 9.04 Å². The van der Waals surface area contributed by atoms with Crippen molar-refractivity contribution in [2.24, 2.45) is 5.92 Å². The number of ether oxygens (including phenoxy) is 3. The van der Waals surface area contributed by atoms with Crippen LogP contribution in [0.4, 0.5) is 5.69 Å². The molecule has 0 amide bonds. The quantitative estimate of drug-likeness (QED) is 0.155. The van der Waals surface area contributed by atoms with Crippen molar-refractivity contribution in [2.45, 2.75) is 71.9 Å². The molecule has 3 aromatic rings. The summed E-state index contributed by atoms with van der Waals surface area (Å²) >= 11 is 1.89. The Bertz CT molecular complexity index is 1840. The highest BCUT2D eigenvalue weighted by Gasteiger charge is 2.31. The maximum Gasteiger partial charge on any atom is 0.306 e. The van der Waals surface area contributed by atoms with Gasteiger partial charge >= 0.3 is 5.97 Å². The summed E-state index contributed by atoms with van der Waals surface area (Å²) < 4.78 is 45.8. The molecule has 0 saturated carbocycles. The average molecular weight is 794 g/mol. The topological polar surface area (TPSA) is 123 Å². The molecule has 0 spiro atoms. The van der Waals surface area contributed by atoms with E-state index in [-0.39, 0.29) is 24.9 Å². The summed E-state index contributed by atoms with van der Waals surface area (Å²) in [7, 11) is 0.317. The molecule has 1 heterocycles. The van der Waals surface area contributed by atoms with E-state index in [1.54, 1.807) is 33.3 Å². The molecule has 9 nitrogen and oxygen atoms in total. The van der Waals surface area contributed by atoms with Gasteiger partial charge in [0.2, 0.25) is 0 Å². The molecular weight excluding hydrogens is 735 g/mol. The molecule has 0 bridgehead atoms. The highest BCUT2D eigenvalue weighted by atomic mass is 32.2. The third kappa shape index (κ3) is 13.4. The number of nitrogens with zero attached hydrogens (tertiary/aromatic N) is 1. The summed E-state index contributed by atoms with van der Waals surface area (Å²) in [6, 6.07) is 19.5. The molecule has 2 N–H and O–H groups in total. The highest BCUT2D eigenvalue weighted by molar-refractivity contribution is 7.99. The Morgan fingerprint density at radius 1 is 0.945 bits per heavy atom. The zero-order valence-electron chi connectivity index (χ0n) is 33.4. The van der Waals surface area contributed by atoms with Crippen LogP contribution in [0.2, 0.25) is 0 Å². The Balaban J connectivity index is 0.00000155. The third-order valence-corrected chi connectivity index (χ3v) is 12.4. The number of hydrogen-bond acceptors (Lipinski definition) is 9. The Morgan fingerprint density at radius 3 is 2.24 bits per heavy atom. The lowest BCUT2D eigenvalue weighted by Crippen LogP contribution is -2.35. The van der Waals surface area contributed by atoms with Crippen molar-refractivity contribution in [3.05, 3.63) is 118 Å². The first-order chi connectivity index (χ1) is 26.4. The van der Waals surface area contributed by atoms with Crippen LogP contribution in [0.3, 0.4) is 0 Å². The van der Waals surface area contributed by atoms with Crippen molar-refractivity contribution in [1.82, 2.24) is 0 Å². The minimum absolute atomic E-state index is 0.135. The molecule has 1 aliphatic heterocycles. The molecule has 1 saturated heterocycles. The molecule has 1 unspecified atom stereocenters. The smallest absolute Gasteiger partial charge is 0.306 e. The van der Waals surface area contributed by atoms with Crippen molar-refractivity contribution in [3.8, 4) is 16.9 Å². The Kier molecular flexibility index (Phi) is 18.7. The number of anilines is 1. The second kappa shape index (κ2) is 22.6. The summed E-state index contributed by atoms with van der Waals surface area (Å²) in [6.45, 7) is 8.74. The van der Waals surface area contributed by atoms with E-state index in [0.717, 1.165) is 70.6 Å². The summed E-state index contributed by atoms with van der Waals surface area (Å²) in [6.07, 6.45) is 12.0. The third-order valence-electron chi connectivity index (χ3n) is 9.37. The first kappa shape index (κ1) is 45.5. The number of carbonyl (C=O) groups excluding carboxylic acids is 1. The molecule has 3 aromatic carbocycles. The fourth-order valence-electron chi connectivity index (χ4n) is 6.58. The number of sulfonamides is 1. The zero-order valence-corrected chi connectivity index (χ0v) is 35.0. The molecular formula is C44H59NO8S2. The lowest BCUT2D eigenvalue weighted by atomic mass is 9.93. The standard InChI is InChI=1S/C41H49NO6S2.C2H6O.CH4O/c1-5-47-39(43)19-16-33-14-17-36(18-15-33)42(50(45,46)38-13-8-6-7-10-30(38)2)29-34-11-9-12-35(28-34)40-31(3)26-37(27-32(40)4)48-23-20-41(44)21-24-49-25-22-41;1-3-2;1-2/h6-15,17-18,26-28,30,44H,5,16,19-25,29H2,1-4H3;1-2H3;2H,1H3. The Morgan fingerprint density at radius 2 is 1.60 bits per heavy atom. The number of thioether (sulfide) groups is 1. The van der Waals surface area contributed by atoms with Crippen molar-refractivity contribution >= 4 is 33.4 Å². The van der Waals surface area contributed by atoms with Crippen molar-refractivity contribution in [2.75, 3.05) is 50.4 Å². The second-order valence-corrected chi connectivity index (χ2v) is 16.7. The first-order valence-corrected chi connectivity index (χ1v) is 21.3. The number of carbonyl (C=O) groups is 1. The predicted octanol–water partition coefficient (Wildman–Crippen LogP) is 8.35. The van der Waals surface area contributed by atoms with Gasteiger partial charge in [-0.25, -0.2) is 8.42 Å². The number of allylic oxidation sites excluding steroid dienone is 6. The molecule has 1 atom stereocenters. The van der Waals surface area contributed by atoms with Gasteiger partial charge in [-0.1, -0.05) is 61.6 Å². The van der Waals surface area contributed by atoms with Gasteiger partial charge in [-0.2, -0.15) is 11.8 Å². The molecule has 0 radical (unpaired) electrons. The molecule has 55 heavy (non-hydrogen) atoms. The molecule has 0 aromatic heterocycles. The Hall–Kier alpha value is -3.87. The zero-order chi connectivity index (χ0) is 40.4. The van der Waals surface area contributed by atoms with E-state index in [9.17, 15) is 18.3 Å². The summed E-state index contributed by atoms with van der Waals surface area (Å²) in [5.74, 6) is 2.21. The van der Waals surface area contributed by atoms with Gasteiger partial charge in [0.15, 0.2) is 0 Å². The number of rotatable bonds is 14. The lowest BCUT2D eigenvalue weighted by Gasteiger charge is -2.31. The fraction of sp³-hybridized carbons (Fsp3) is 0.432. The molecule has 2 aliphatic rings. The van der Waals surface area contributed by atoms with Crippen LogP contribution in [-0.4, -0.2) is 76.3 Å². The number of methoxy groups -OCH3 is 1. The van der Waals surface area contributed by atoms with Gasteiger partial charge in [-0.05, 0) is 121 Å². The minimum atomic E-state index is -3.93. The van der Waals surface area contributed by atoms with E-state index in [1.807, 2.05) is 85.4 Å². The summed E-state index contributed by atoms with van der Waals surface area (Å²) in [5.41, 5.74) is 5.88. The van der Waals surface area contributed by atoms with Crippen LogP contribution in [0.5, 0.6) is 5.75 Å². The predicted molar refractivity (Wildman–Crippen MR) is 226 cm³/mol. The van der Waals surface area contributed by atoms with E-state index >= 15 is 0 Å². The van der Waals surface area contributed by atoms with Gasteiger partial charge in [-0.15, -0.1) is 0 Å². The number of aliphatic hydroxyl groups excluding tert-OH is 1. The van der Waals surface area contributed by atoms with Crippen LogP contribution in [0.15, 0.2) is 95.9 Å². The first-order valence-electron chi connectivity index (χ1n) is 18.7. The van der Waals surface area contributed by atoms with Gasteiger partial charge in [0.1, 0.15) is 5.75 Å². The number of aliphatic hydroxyl groups is 2. The van der Waals surface area contributed by atoms with Crippen molar-refractivity contribution in [3.63, 3.8) is 0 Å². The van der Waals surface area contributed by atoms with Gasteiger partial charge in [0.05, 0.1) is 36.0 Å². The normalized spacial score (nSPS) is 16.0. The molecule has 1 fully saturated rings. The van der Waals surface area contributed by atoms with E-state index in [0.29, 0.717) is 36.6 Å². The number of aryl methyl sites for hydroxylation is 3. The monoisotopic (exact) mass is 793 g/mol. The van der Waals surface area contributed by atoms with Gasteiger partial charge in [0, 0.05) is 40.1 Å². The number of esters is 1. The van der Waals surface area contributed by atoms with E-state index in [1.165, 1.54) is 4.31 Å². The largest absolute Gasteiger partial charge is 0.493 e. The van der Waals surface area contributed by atoms with Crippen LogP contribution in [0.1, 0.15) is 61.8 Å². The van der Waals surface area contributed by atoms with Crippen LogP contribution >= 0.6 is 11.8 Å². The van der Waals surface area contributed by atoms with Crippen LogP contribution in [0, 0.1) is 19.8 Å². The molecule has 5 rings (SSSR count). The maximum absolute atomic E-state index is 14.4. The fourth-order valence-corrected chi connectivity index (χ4v) is 9.60. The minimum Gasteiger partial charge on any atom is -0.493 e. The summed E-state index contributed by atoms with van der Waals surface area (Å²) in [5, 5.41) is 17.9. The second-order valence-electron chi connectivity index (χ2n) is 13.6. The molecule has 1 aliphatic carbocycles. The van der Waals surface area contributed by atoms with Crippen molar-refractivity contribution in [1.29, 1.82) is 0 Å². The molecule has 11 heteroatoms. The SMILES string of the molecule is CCOC(=O)CCc1ccc(N(Cc2cccc(-c3c(C)cc(OCCC4(O)CCSCC4)cc3C)c2)S(=O)(=O)C2=CC=CC=CC2C)cc1.CO.COC. The number of hydrogen-bond donors (Lipinski definition) is 2. The van der Waals surface area contributed by atoms with Crippen LogP contribution in [-0.2, 0) is 37.3 Å². The van der Waals surface area contributed by atoms with Crippen LogP contribution in [0.25, 0.3) is 11.1 Å². The summed E-state index contributed by atoms with van der Waals surface area (Å²) in [4.78, 5) is 12.2. The number of benzene rings is 3. The maximum atomic E-state index is 14.4. The highest BCUT2D eigenvalue weighted by Crippen LogP contribution is 2.35. The van der Waals surface area contributed by atoms with Gasteiger partial charge < -0.3 is 24.4 Å². The van der Waals surface area contributed by atoms with Crippen molar-refractivity contribution < 1.29 is 37.6 Å². The van der Waals surface area contributed by atoms with Gasteiger partial charge in [-0.3, -0.25) is 9.10 Å². The lowest BCUT2D eigenvalue weighted by molar-refractivity contribution is -0.143. The average Bonchev–Trinajstić information content (AvgIpc) is 3.39. The van der Waals surface area contributed by atoms with E-state index in [4.69, 9.17) is 14.6 Å². The van der Waals surface area contributed by atoms with Gasteiger partial charge in [0.25, 0.3) is 10.0 Å². The molecule has 300 valence electrons. The van der Waals surface area contributed by atoms with E-state index < -0.39 is 15.6 Å².